The molecule has 1 aromatic rings. The standard InChI is InChI=1S/C8H8F2O.2C2H6/c1-6-2-4-7(5-3-6)11-8(9)10;2*1-2/h2-5,8H,1H3;2*1-2H3. The largest absolute Gasteiger partial charge is 0.435 e. The first-order chi connectivity index (χ1) is 7.18. The van der Waals surface area contributed by atoms with Crippen molar-refractivity contribution in [2.24, 2.45) is 0 Å². The molecule has 15 heavy (non-hydrogen) atoms. The Kier molecular flexibility index (Phi) is 11.9. The molecule has 0 aromatic heterocycles. The first kappa shape index (κ1) is 16.3. The number of benzene rings is 1. The van der Waals surface area contributed by atoms with Gasteiger partial charge in [0.15, 0.2) is 0 Å². The maximum Gasteiger partial charge on any atom is 0.387 e. The molecule has 0 atom stereocenters. The summed E-state index contributed by atoms with van der Waals surface area (Å²) in [5, 5.41) is 0. The van der Waals surface area contributed by atoms with Crippen molar-refractivity contribution in [1.82, 2.24) is 0 Å². The summed E-state index contributed by atoms with van der Waals surface area (Å²) < 4.78 is 27.3. The van der Waals surface area contributed by atoms with E-state index in [-0.39, 0.29) is 5.75 Å². The van der Waals surface area contributed by atoms with Gasteiger partial charge in [0.2, 0.25) is 0 Å². The van der Waals surface area contributed by atoms with E-state index in [0.29, 0.717) is 0 Å². The molecule has 0 saturated heterocycles. The summed E-state index contributed by atoms with van der Waals surface area (Å²) in [6, 6.07) is 6.47. The average Bonchev–Trinajstić information content (AvgIpc) is 2.27. The van der Waals surface area contributed by atoms with Gasteiger partial charge in [-0.05, 0) is 19.1 Å². The predicted molar refractivity (Wildman–Crippen MR) is 60.5 cm³/mol. The van der Waals surface area contributed by atoms with Gasteiger partial charge in [-0.15, -0.1) is 0 Å². The summed E-state index contributed by atoms with van der Waals surface area (Å²) in [4.78, 5) is 0. The molecule has 0 N–H and O–H groups in total. The van der Waals surface area contributed by atoms with Crippen LogP contribution in [-0.4, -0.2) is 6.61 Å². The van der Waals surface area contributed by atoms with Crippen LogP contribution < -0.4 is 4.74 Å². The van der Waals surface area contributed by atoms with Gasteiger partial charge in [0.1, 0.15) is 5.75 Å². The Balaban J connectivity index is 0. The minimum atomic E-state index is -2.74. The van der Waals surface area contributed by atoms with Gasteiger partial charge in [-0.3, -0.25) is 0 Å². The fourth-order valence-electron chi connectivity index (χ4n) is 0.720. The van der Waals surface area contributed by atoms with Crippen LogP contribution in [0.2, 0.25) is 0 Å². The zero-order chi connectivity index (χ0) is 12.3. The highest BCUT2D eigenvalue weighted by Crippen LogP contribution is 2.13. The van der Waals surface area contributed by atoms with Crippen molar-refractivity contribution in [1.29, 1.82) is 0 Å². The molecule has 0 amide bonds. The lowest BCUT2D eigenvalue weighted by Crippen LogP contribution is -2.01. The van der Waals surface area contributed by atoms with Crippen LogP contribution in [0.5, 0.6) is 5.75 Å². The second-order valence-corrected chi connectivity index (χ2v) is 2.19. The molecule has 1 aromatic carbocycles. The quantitative estimate of drug-likeness (QED) is 0.702. The summed E-state index contributed by atoms with van der Waals surface area (Å²) in [5.74, 6) is 0.200. The number of aryl methyl sites for hydroxylation is 1. The van der Waals surface area contributed by atoms with Crippen LogP contribution in [0.3, 0.4) is 0 Å². The van der Waals surface area contributed by atoms with E-state index in [0.717, 1.165) is 5.56 Å². The first-order valence-corrected chi connectivity index (χ1v) is 5.20. The number of halogens is 2. The highest BCUT2D eigenvalue weighted by molar-refractivity contribution is 5.26. The molecule has 1 nitrogen and oxygen atoms in total. The third-order valence-electron chi connectivity index (χ3n) is 1.25. The maximum atomic E-state index is 11.6. The van der Waals surface area contributed by atoms with Crippen molar-refractivity contribution >= 4 is 0 Å². The molecule has 0 heterocycles. The molecule has 0 aliphatic carbocycles. The topological polar surface area (TPSA) is 9.23 Å². The van der Waals surface area contributed by atoms with E-state index in [9.17, 15) is 8.78 Å². The summed E-state index contributed by atoms with van der Waals surface area (Å²) in [6.45, 7) is 7.14. The van der Waals surface area contributed by atoms with Gasteiger partial charge in [-0.2, -0.15) is 8.78 Å². The van der Waals surface area contributed by atoms with Crippen LogP contribution in [0.15, 0.2) is 24.3 Å². The van der Waals surface area contributed by atoms with Gasteiger partial charge in [-0.25, -0.2) is 0 Å². The Morgan fingerprint density at radius 2 is 1.33 bits per heavy atom. The molecule has 0 unspecified atom stereocenters. The van der Waals surface area contributed by atoms with Crippen molar-refractivity contribution in [3.8, 4) is 5.75 Å². The molecule has 1 rings (SSSR count). The molecule has 0 aliphatic rings. The summed E-state index contributed by atoms with van der Waals surface area (Å²) in [7, 11) is 0. The summed E-state index contributed by atoms with van der Waals surface area (Å²) in [6.07, 6.45) is 0. The van der Waals surface area contributed by atoms with E-state index in [1.165, 1.54) is 12.1 Å². The van der Waals surface area contributed by atoms with Crippen LogP contribution in [-0.2, 0) is 0 Å². The zero-order valence-electron chi connectivity index (χ0n) is 10.1. The molecule has 0 fully saturated rings. The number of hydrogen-bond acceptors (Lipinski definition) is 1. The number of rotatable bonds is 2. The van der Waals surface area contributed by atoms with E-state index in [2.05, 4.69) is 4.74 Å². The van der Waals surface area contributed by atoms with Crippen molar-refractivity contribution < 1.29 is 13.5 Å². The second kappa shape index (κ2) is 11.0. The average molecular weight is 218 g/mol. The molecule has 0 saturated carbocycles. The molecule has 0 radical (unpaired) electrons. The van der Waals surface area contributed by atoms with Gasteiger partial charge in [0.25, 0.3) is 0 Å². The van der Waals surface area contributed by atoms with Gasteiger partial charge >= 0.3 is 6.61 Å². The SMILES string of the molecule is CC.CC.Cc1ccc(OC(F)F)cc1. The fraction of sp³-hybridized carbons (Fsp3) is 0.500. The Hall–Kier alpha value is -1.12. The summed E-state index contributed by atoms with van der Waals surface area (Å²) >= 11 is 0. The van der Waals surface area contributed by atoms with Gasteiger partial charge in [0.05, 0.1) is 0 Å². The maximum absolute atomic E-state index is 11.6. The van der Waals surface area contributed by atoms with E-state index >= 15 is 0 Å². The Bertz CT molecular complexity index is 220. The van der Waals surface area contributed by atoms with Crippen LogP contribution in [0, 0.1) is 6.92 Å². The monoisotopic (exact) mass is 218 g/mol. The highest BCUT2D eigenvalue weighted by Gasteiger charge is 2.01. The van der Waals surface area contributed by atoms with Crippen molar-refractivity contribution in [3.63, 3.8) is 0 Å². The normalized spacial score (nSPS) is 8.27. The smallest absolute Gasteiger partial charge is 0.387 e. The van der Waals surface area contributed by atoms with E-state index in [4.69, 9.17) is 0 Å². The van der Waals surface area contributed by atoms with Crippen LogP contribution in [0.25, 0.3) is 0 Å². The molecule has 0 spiro atoms. The van der Waals surface area contributed by atoms with Gasteiger partial charge in [0, 0.05) is 0 Å². The highest BCUT2D eigenvalue weighted by atomic mass is 19.3. The number of ether oxygens (including phenoxy) is 1. The lowest BCUT2D eigenvalue weighted by Gasteiger charge is -2.02. The predicted octanol–water partition coefficient (Wildman–Crippen LogP) is 4.65. The lowest BCUT2D eigenvalue weighted by molar-refractivity contribution is -0.0498. The van der Waals surface area contributed by atoms with Gasteiger partial charge < -0.3 is 4.74 Å². The van der Waals surface area contributed by atoms with Crippen LogP contribution in [0.1, 0.15) is 33.3 Å². The molecule has 3 heteroatoms. The Morgan fingerprint density at radius 3 is 1.67 bits per heavy atom. The Morgan fingerprint density at radius 1 is 0.933 bits per heavy atom. The fourth-order valence-corrected chi connectivity index (χ4v) is 0.720. The molecule has 0 bridgehead atoms. The number of hydrogen-bond donors (Lipinski definition) is 0. The Labute approximate surface area is 91.1 Å². The molecule has 0 aliphatic heterocycles. The van der Waals surface area contributed by atoms with Crippen molar-refractivity contribution in [2.45, 2.75) is 41.2 Å². The molecule has 88 valence electrons. The lowest BCUT2D eigenvalue weighted by atomic mass is 10.2. The van der Waals surface area contributed by atoms with E-state index < -0.39 is 6.61 Å². The van der Waals surface area contributed by atoms with Crippen molar-refractivity contribution in [3.05, 3.63) is 29.8 Å². The van der Waals surface area contributed by atoms with Gasteiger partial charge in [-0.1, -0.05) is 45.4 Å². The van der Waals surface area contributed by atoms with Crippen molar-refractivity contribution in [2.75, 3.05) is 0 Å². The van der Waals surface area contributed by atoms with Crippen LogP contribution in [0.4, 0.5) is 8.78 Å². The third-order valence-corrected chi connectivity index (χ3v) is 1.25. The van der Waals surface area contributed by atoms with E-state index in [1.54, 1.807) is 12.1 Å². The van der Waals surface area contributed by atoms with E-state index in [1.807, 2.05) is 34.6 Å². The molecular weight excluding hydrogens is 198 g/mol. The number of alkyl halides is 2. The minimum Gasteiger partial charge on any atom is -0.435 e. The first-order valence-electron chi connectivity index (χ1n) is 5.20. The minimum absolute atomic E-state index is 0.200. The summed E-state index contributed by atoms with van der Waals surface area (Å²) in [5.41, 5.74) is 1.02. The van der Waals surface area contributed by atoms with Crippen LogP contribution >= 0.6 is 0 Å². The molecular formula is C12H20F2O. The zero-order valence-corrected chi connectivity index (χ0v) is 10.1. The second-order valence-electron chi connectivity index (χ2n) is 2.19. The third kappa shape index (κ3) is 9.19.